The first-order valence-corrected chi connectivity index (χ1v) is 7.38. The van der Waals surface area contributed by atoms with Crippen molar-refractivity contribution < 1.29 is 19.8 Å². The summed E-state index contributed by atoms with van der Waals surface area (Å²) >= 11 is 0. The van der Waals surface area contributed by atoms with Crippen molar-refractivity contribution in [1.82, 2.24) is 9.80 Å². The zero-order chi connectivity index (χ0) is 14.9. The van der Waals surface area contributed by atoms with Gasteiger partial charge >= 0.3 is 12.0 Å². The van der Waals surface area contributed by atoms with Crippen molar-refractivity contribution in [3.63, 3.8) is 0 Å². The summed E-state index contributed by atoms with van der Waals surface area (Å²) in [6, 6.07) is -0.858. The molecule has 0 bridgehead atoms. The van der Waals surface area contributed by atoms with E-state index < -0.39 is 18.1 Å². The quantitative estimate of drug-likeness (QED) is 0.793. The number of urea groups is 1. The fourth-order valence-corrected chi connectivity index (χ4v) is 2.64. The standard InChI is InChI=1S/C14H24N2O4/c1-9(2)5-6-15(10-3-4-10)14(20)16-8-11(17)7-12(16)13(18)19/h9-12,17H,3-8H2,1-2H3,(H,18,19)/t11-,12-/m1/s1. The topological polar surface area (TPSA) is 81.1 Å². The van der Waals surface area contributed by atoms with Crippen LogP contribution >= 0.6 is 0 Å². The molecule has 0 radical (unpaired) electrons. The summed E-state index contributed by atoms with van der Waals surface area (Å²) in [7, 11) is 0. The molecule has 0 aromatic heterocycles. The minimum Gasteiger partial charge on any atom is -0.480 e. The van der Waals surface area contributed by atoms with E-state index in [-0.39, 0.29) is 25.0 Å². The lowest BCUT2D eigenvalue weighted by Gasteiger charge is -2.30. The van der Waals surface area contributed by atoms with Gasteiger partial charge in [-0.25, -0.2) is 9.59 Å². The van der Waals surface area contributed by atoms with Gasteiger partial charge in [0.15, 0.2) is 0 Å². The normalized spacial score (nSPS) is 26.1. The second-order valence-electron chi connectivity index (χ2n) is 6.29. The summed E-state index contributed by atoms with van der Waals surface area (Å²) in [6.45, 7) is 5.01. The van der Waals surface area contributed by atoms with Crippen molar-refractivity contribution in [2.24, 2.45) is 5.92 Å². The maximum absolute atomic E-state index is 12.6. The van der Waals surface area contributed by atoms with Crippen LogP contribution in [0.4, 0.5) is 4.79 Å². The van der Waals surface area contributed by atoms with Crippen LogP contribution in [0.25, 0.3) is 0 Å². The van der Waals surface area contributed by atoms with Gasteiger partial charge in [-0.15, -0.1) is 0 Å². The Hall–Kier alpha value is -1.30. The SMILES string of the molecule is CC(C)CCN(C(=O)N1C[C@H](O)C[C@@H]1C(=O)O)C1CC1. The number of carbonyl (C=O) groups excluding carboxylic acids is 1. The minimum absolute atomic E-state index is 0.126. The predicted octanol–water partition coefficient (Wildman–Crippen LogP) is 1.14. The number of aliphatic hydroxyl groups is 1. The molecule has 1 aliphatic heterocycles. The highest BCUT2D eigenvalue weighted by Crippen LogP contribution is 2.30. The number of hydrogen-bond donors (Lipinski definition) is 2. The molecule has 0 spiro atoms. The zero-order valence-electron chi connectivity index (χ0n) is 12.2. The summed E-state index contributed by atoms with van der Waals surface area (Å²) in [5, 5.41) is 18.8. The molecular weight excluding hydrogens is 260 g/mol. The molecule has 1 aliphatic carbocycles. The lowest BCUT2D eigenvalue weighted by atomic mass is 10.1. The van der Waals surface area contributed by atoms with Gasteiger partial charge < -0.3 is 20.0 Å². The number of aliphatic carboxylic acids is 1. The molecule has 2 atom stereocenters. The summed E-state index contributed by atoms with van der Waals surface area (Å²) < 4.78 is 0. The van der Waals surface area contributed by atoms with Crippen LogP contribution in [-0.2, 0) is 4.79 Å². The van der Waals surface area contributed by atoms with Gasteiger partial charge in [-0.05, 0) is 25.2 Å². The molecule has 6 heteroatoms. The van der Waals surface area contributed by atoms with Crippen molar-refractivity contribution in [3.8, 4) is 0 Å². The van der Waals surface area contributed by atoms with E-state index in [2.05, 4.69) is 13.8 Å². The number of hydrogen-bond acceptors (Lipinski definition) is 3. The number of rotatable bonds is 5. The molecule has 1 heterocycles. The molecule has 114 valence electrons. The van der Waals surface area contributed by atoms with Crippen molar-refractivity contribution >= 4 is 12.0 Å². The molecule has 1 saturated heterocycles. The highest BCUT2D eigenvalue weighted by atomic mass is 16.4. The van der Waals surface area contributed by atoms with Gasteiger partial charge in [-0.1, -0.05) is 13.8 Å². The molecule has 6 nitrogen and oxygen atoms in total. The van der Waals surface area contributed by atoms with E-state index in [0.717, 1.165) is 19.3 Å². The molecule has 2 aliphatic rings. The summed E-state index contributed by atoms with van der Waals surface area (Å²) in [6.07, 6.45) is 2.31. The van der Waals surface area contributed by atoms with Gasteiger partial charge in [0.25, 0.3) is 0 Å². The first kappa shape index (κ1) is 15.1. The van der Waals surface area contributed by atoms with Gasteiger partial charge in [0.1, 0.15) is 6.04 Å². The molecule has 0 aromatic carbocycles. The molecule has 2 rings (SSSR count). The summed E-state index contributed by atoms with van der Waals surface area (Å²) in [5.41, 5.74) is 0. The molecule has 1 saturated carbocycles. The second kappa shape index (κ2) is 5.99. The Kier molecular flexibility index (Phi) is 4.52. The molecule has 2 fully saturated rings. The number of aliphatic hydroxyl groups excluding tert-OH is 1. The van der Waals surface area contributed by atoms with E-state index >= 15 is 0 Å². The Morgan fingerprint density at radius 3 is 2.50 bits per heavy atom. The number of carboxylic acid groups (broad SMARTS) is 1. The number of β-amino-alcohol motifs (C(OH)–C–C–N with tert-alkyl or cyclic N) is 1. The third-order valence-corrected chi connectivity index (χ3v) is 3.99. The van der Waals surface area contributed by atoms with Crippen LogP contribution in [0.1, 0.15) is 39.5 Å². The number of amides is 2. The number of carboxylic acids is 1. The smallest absolute Gasteiger partial charge is 0.326 e. The van der Waals surface area contributed by atoms with E-state index in [4.69, 9.17) is 0 Å². The zero-order valence-corrected chi connectivity index (χ0v) is 12.2. The number of nitrogens with zero attached hydrogens (tertiary/aromatic N) is 2. The van der Waals surface area contributed by atoms with Crippen molar-refractivity contribution in [1.29, 1.82) is 0 Å². The second-order valence-corrected chi connectivity index (χ2v) is 6.29. The first-order valence-electron chi connectivity index (χ1n) is 7.38. The monoisotopic (exact) mass is 284 g/mol. The number of likely N-dealkylation sites (tertiary alicyclic amines) is 1. The maximum Gasteiger partial charge on any atom is 0.326 e. The van der Waals surface area contributed by atoms with Gasteiger partial charge in [0.05, 0.1) is 6.10 Å². The van der Waals surface area contributed by atoms with E-state index in [1.165, 1.54) is 4.90 Å². The summed E-state index contributed by atoms with van der Waals surface area (Å²) in [5.74, 6) is -0.530. The average molecular weight is 284 g/mol. The van der Waals surface area contributed by atoms with Crippen LogP contribution in [0, 0.1) is 5.92 Å². The third-order valence-electron chi connectivity index (χ3n) is 3.99. The fourth-order valence-electron chi connectivity index (χ4n) is 2.64. The van der Waals surface area contributed by atoms with E-state index in [1.54, 1.807) is 4.90 Å². The first-order chi connectivity index (χ1) is 9.40. The molecular formula is C14H24N2O4. The largest absolute Gasteiger partial charge is 0.480 e. The Labute approximate surface area is 119 Å². The molecule has 0 unspecified atom stereocenters. The van der Waals surface area contributed by atoms with E-state index in [9.17, 15) is 19.8 Å². The van der Waals surface area contributed by atoms with Crippen LogP contribution < -0.4 is 0 Å². The van der Waals surface area contributed by atoms with Crippen molar-refractivity contribution in [2.75, 3.05) is 13.1 Å². The van der Waals surface area contributed by atoms with E-state index in [1.807, 2.05) is 0 Å². The van der Waals surface area contributed by atoms with Gasteiger partial charge in [0, 0.05) is 25.6 Å². The highest BCUT2D eigenvalue weighted by Gasteiger charge is 2.43. The van der Waals surface area contributed by atoms with Crippen LogP contribution in [-0.4, -0.2) is 63.3 Å². The third kappa shape index (κ3) is 3.42. The molecule has 2 N–H and O–H groups in total. The average Bonchev–Trinajstić information content (AvgIpc) is 3.10. The number of carbonyl (C=O) groups is 2. The van der Waals surface area contributed by atoms with Crippen molar-refractivity contribution in [2.45, 2.75) is 57.7 Å². The van der Waals surface area contributed by atoms with Crippen molar-refractivity contribution in [3.05, 3.63) is 0 Å². The molecule has 0 aromatic rings. The Morgan fingerprint density at radius 2 is 2.00 bits per heavy atom. The molecule has 2 amide bonds. The van der Waals surface area contributed by atoms with E-state index in [0.29, 0.717) is 12.5 Å². The lowest BCUT2D eigenvalue weighted by Crippen LogP contribution is -2.49. The Morgan fingerprint density at radius 1 is 1.35 bits per heavy atom. The van der Waals surface area contributed by atoms with Gasteiger partial charge in [0.2, 0.25) is 0 Å². The van der Waals surface area contributed by atoms with Crippen LogP contribution in [0.5, 0.6) is 0 Å². The molecule has 20 heavy (non-hydrogen) atoms. The minimum atomic E-state index is -1.03. The Bertz CT molecular complexity index is 381. The maximum atomic E-state index is 12.6. The fraction of sp³-hybridized carbons (Fsp3) is 0.857. The van der Waals surface area contributed by atoms with Crippen LogP contribution in [0.15, 0.2) is 0 Å². The van der Waals surface area contributed by atoms with Gasteiger partial charge in [-0.3, -0.25) is 0 Å². The highest BCUT2D eigenvalue weighted by molar-refractivity contribution is 5.83. The van der Waals surface area contributed by atoms with Crippen LogP contribution in [0.3, 0.4) is 0 Å². The Balaban J connectivity index is 2.04. The van der Waals surface area contributed by atoms with Crippen LogP contribution in [0.2, 0.25) is 0 Å². The van der Waals surface area contributed by atoms with Gasteiger partial charge in [-0.2, -0.15) is 0 Å². The summed E-state index contributed by atoms with van der Waals surface area (Å²) in [4.78, 5) is 26.9. The predicted molar refractivity (Wildman–Crippen MR) is 73.3 cm³/mol. The lowest BCUT2D eigenvalue weighted by molar-refractivity contribution is -0.141.